The monoisotopic (exact) mass is 245 g/mol. The molecule has 0 N–H and O–H groups in total. The van der Waals surface area contributed by atoms with Crippen LogP contribution in [-0.2, 0) is 0 Å². The first-order valence-electron chi connectivity index (χ1n) is 6.64. The Bertz CT molecular complexity index is 435. The fourth-order valence-electron chi connectivity index (χ4n) is 2.74. The molecule has 3 rings (SSSR count). The lowest BCUT2D eigenvalue weighted by molar-refractivity contribution is 0.384. The second-order valence-corrected chi connectivity index (χ2v) is 7.31. The van der Waals surface area contributed by atoms with E-state index in [-0.39, 0.29) is 8.07 Å². The van der Waals surface area contributed by atoms with Crippen LogP contribution in [0.2, 0.25) is 0 Å². The van der Waals surface area contributed by atoms with Crippen LogP contribution in [0.15, 0.2) is 35.6 Å². The van der Waals surface area contributed by atoms with E-state index in [4.69, 9.17) is 0 Å². The third-order valence-electron chi connectivity index (χ3n) is 3.64. The summed E-state index contributed by atoms with van der Waals surface area (Å²) in [6.45, 7) is 5.97. The van der Waals surface area contributed by atoms with Gasteiger partial charge in [-0.15, -0.1) is 0 Å². The van der Waals surface area contributed by atoms with Crippen LogP contribution in [0.4, 0.5) is 0 Å². The van der Waals surface area contributed by atoms with Crippen molar-refractivity contribution in [3.05, 3.63) is 41.2 Å². The number of hydrogen-bond acceptors (Lipinski definition) is 1. The summed E-state index contributed by atoms with van der Waals surface area (Å²) in [5, 5.41) is 3.46. The molecule has 17 heavy (non-hydrogen) atoms. The first-order chi connectivity index (χ1) is 8.29. The Hall–Kier alpha value is -0.650. The van der Waals surface area contributed by atoms with Gasteiger partial charge in [0.05, 0.1) is 0 Å². The van der Waals surface area contributed by atoms with Gasteiger partial charge < -0.3 is 0 Å². The molecule has 1 nitrogen and oxygen atoms in total. The van der Waals surface area contributed by atoms with Crippen LogP contribution in [0.5, 0.6) is 0 Å². The van der Waals surface area contributed by atoms with Gasteiger partial charge in [0.1, 0.15) is 0 Å². The summed E-state index contributed by atoms with van der Waals surface area (Å²) in [6, 6.07) is 11.7. The molecule has 1 aromatic carbocycles. The van der Waals surface area contributed by atoms with Crippen LogP contribution in [0.25, 0.3) is 5.31 Å². The second-order valence-electron chi connectivity index (χ2n) is 5.19. The molecular formula is C15H20NP. The fourth-order valence-corrected chi connectivity index (χ4v) is 5.63. The van der Waals surface area contributed by atoms with Gasteiger partial charge in [0, 0.05) is 26.0 Å². The van der Waals surface area contributed by atoms with E-state index in [1.165, 1.54) is 31.4 Å². The lowest BCUT2D eigenvalue weighted by Gasteiger charge is -2.26. The molecule has 1 aromatic rings. The van der Waals surface area contributed by atoms with Gasteiger partial charge in [-0.05, 0) is 44.0 Å². The largest absolute Gasteiger partial charge is 0.273 e. The van der Waals surface area contributed by atoms with Crippen molar-refractivity contribution in [3.8, 4) is 0 Å². The van der Waals surface area contributed by atoms with Gasteiger partial charge in [0.15, 0.2) is 0 Å². The van der Waals surface area contributed by atoms with Gasteiger partial charge in [-0.25, -0.2) is 0 Å². The SMILES string of the molecule is CC(C)N1CCCCC2=C(c3ccccc3)P21. The lowest BCUT2D eigenvalue weighted by Crippen LogP contribution is -2.23. The maximum Gasteiger partial charge on any atom is 0.0258 e. The van der Waals surface area contributed by atoms with Crippen molar-refractivity contribution in [3.63, 3.8) is 0 Å². The van der Waals surface area contributed by atoms with Crippen molar-refractivity contribution in [1.29, 1.82) is 0 Å². The highest BCUT2D eigenvalue weighted by molar-refractivity contribution is 7.79. The topological polar surface area (TPSA) is 3.24 Å². The maximum absolute atomic E-state index is 2.74. The Kier molecular flexibility index (Phi) is 3.06. The van der Waals surface area contributed by atoms with Gasteiger partial charge in [-0.3, -0.25) is 4.67 Å². The molecule has 2 aliphatic heterocycles. The minimum Gasteiger partial charge on any atom is -0.273 e. The molecule has 0 spiro atoms. The molecule has 0 radical (unpaired) electrons. The molecule has 0 aliphatic carbocycles. The number of nitrogens with zero attached hydrogens (tertiary/aromatic N) is 1. The summed E-state index contributed by atoms with van der Waals surface area (Å²) in [5.74, 6) is 0. The second kappa shape index (κ2) is 4.55. The molecular weight excluding hydrogens is 225 g/mol. The Balaban J connectivity index is 1.88. The zero-order chi connectivity index (χ0) is 11.8. The minimum absolute atomic E-state index is 0.0275. The van der Waals surface area contributed by atoms with E-state index in [1.54, 1.807) is 10.6 Å². The number of allylic oxidation sites excluding steroid dienone is 1. The predicted octanol–water partition coefficient (Wildman–Crippen LogP) is 4.66. The Morgan fingerprint density at radius 1 is 1.12 bits per heavy atom. The van der Waals surface area contributed by atoms with Crippen LogP contribution in [0, 0.1) is 0 Å². The summed E-state index contributed by atoms with van der Waals surface area (Å²) in [7, 11) is -0.0275. The van der Waals surface area contributed by atoms with E-state index in [0.717, 1.165) is 0 Å². The van der Waals surface area contributed by atoms with Crippen LogP contribution in [-0.4, -0.2) is 17.3 Å². The molecule has 2 aliphatic rings. The molecule has 1 fully saturated rings. The van der Waals surface area contributed by atoms with Crippen molar-refractivity contribution >= 4 is 13.4 Å². The molecule has 90 valence electrons. The summed E-state index contributed by atoms with van der Waals surface area (Å²) in [6.07, 6.45) is 4.11. The van der Waals surface area contributed by atoms with E-state index >= 15 is 0 Å². The van der Waals surface area contributed by atoms with E-state index in [9.17, 15) is 0 Å². The van der Waals surface area contributed by atoms with E-state index in [2.05, 4.69) is 48.8 Å². The first kappa shape index (κ1) is 11.4. The molecule has 1 atom stereocenters. The Morgan fingerprint density at radius 2 is 1.88 bits per heavy atom. The highest BCUT2D eigenvalue weighted by atomic mass is 31.1. The van der Waals surface area contributed by atoms with Crippen LogP contribution in [0.3, 0.4) is 0 Å². The van der Waals surface area contributed by atoms with Gasteiger partial charge in [0.25, 0.3) is 0 Å². The van der Waals surface area contributed by atoms with Crippen LogP contribution < -0.4 is 0 Å². The molecule has 0 bridgehead atoms. The Morgan fingerprint density at radius 3 is 2.59 bits per heavy atom. The van der Waals surface area contributed by atoms with Crippen LogP contribution >= 0.6 is 8.07 Å². The van der Waals surface area contributed by atoms with Crippen molar-refractivity contribution in [2.75, 3.05) is 6.54 Å². The first-order valence-corrected chi connectivity index (χ1v) is 7.94. The molecule has 0 amide bonds. The zero-order valence-electron chi connectivity index (χ0n) is 10.7. The summed E-state index contributed by atoms with van der Waals surface area (Å²) in [5.41, 5.74) is 1.47. The maximum atomic E-state index is 2.74. The van der Waals surface area contributed by atoms with E-state index in [0.29, 0.717) is 6.04 Å². The Labute approximate surface area is 105 Å². The van der Waals surface area contributed by atoms with Gasteiger partial charge in [-0.2, -0.15) is 0 Å². The van der Waals surface area contributed by atoms with Gasteiger partial charge >= 0.3 is 0 Å². The summed E-state index contributed by atoms with van der Waals surface area (Å²) in [4.78, 5) is 0. The lowest BCUT2D eigenvalue weighted by atomic mass is 10.1. The smallest absolute Gasteiger partial charge is 0.0258 e. The van der Waals surface area contributed by atoms with Crippen molar-refractivity contribution in [2.45, 2.75) is 39.2 Å². The van der Waals surface area contributed by atoms with E-state index < -0.39 is 0 Å². The third kappa shape index (κ3) is 2.07. The van der Waals surface area contributed by atoms with Crippen molar-refractivity contribution < 1.29 is 0 Å². The van der Waals surface area contributed by atoms with Crippen LogP contribution in [0.1, 0.15) is 38.7 Å². The number of benzene rings is 1. The quantitative estimate of drug-likeness (QED) is 0.685. The number of hydrogen-bond donors (Lipinski definition) is 0. The molecule has 0 saturated carbocycles. The summed E-state index contributed by atoms with van der Waals surface area (Å²) >= 11 is 0. The highest BCUT2D eigenvalue weighted by Gasteiger charge is 2.43. The number of fused-ring (bicyclic) bond motifs is 1. The average molecular weight is 245 g/mol. The van der Waals surface area contributed by atoms with E-state index in [1.807, 2.05) is 0 Å². The molecule has 2 heterocycles. The average Bonchev–Trinajstić information content (AvgIpc) is 3.04. The number of rotatable bonds is 2. The highest BCUT2D eigenvalue weighted by Crippen LogP contribution is 2.78. The normalized spacial score (nSPS) is 24.8. The third-order valence-corrected chi connectivity index (χ3v) is 6.50. The predicted molar refractivity (Wildman–Crippen MR) is 76.0 cm³/mol. The van der Waals surface area contributed by atoms with Crippen molar-refractivity contribution in [1.82, 2.24) is 4.67 Å². The fraction of sp³-hybridized carbons (Fsp3) is 0.467. The standard InChI is InChI=1S/C15H20NP/c1-12(2)16-11-7-6-10-14-15(17(14)16)13-8-4-3-5-9-13/h3-5,8-9,12H,6-7,10-11H2,1-2H3. The van der Waals surface area contributed by atoms with Gasteiger partial charge in [-0.1, -0.05) is 30.3 Å². The summed E-state index contributed by atoms with van der Waals surface area (Å²) < 4.78 is 2.74. The van der Waals surface area contributed by atoms with Crippen molar-refractivity contribution in [2.24, 2.45) is 0 Å². The minimum atomic E-state index is -0.0275. The molecule has 2 heteroatoms. The van der Waals surface area contributed by atoms with Gasteiger partial charge in [0.2, 0.25) is 0 Å². The molecule has 1 unspecified atom stereocenters. The molecule has 1 saturated heterocycles. The molecule has 0 aromatic heterocycles. The zero-order valence-corrected chi connectivity index (χ0v) is 11.6.